The highest BCUT2D eigenvalue weighted by atomic mass is 19.1. The number of aryl methyl sites for hydroxylation is 1. The number of halogens is 1. The maximum absolute atomic E-state index is 13.6. The Morgan fingerprint density at radius 2 is 2.14 bits per heavy atom. The van der Waals surface area contributed by atoms with E-state index in [-0.39, 0.29) is 11.7 Å². The third kappa shape index (κ3) is 1.87. The van der Waals surface area contributed by atoms with E-state index in [1.165, 1.54) is 7.11 Å². The second-order valence-electron chi connectivity index (χ2n) is 3.46. The molecule has 1 aromatic carbocycles. The van der Waals surface area contributed by atoms with Crippen LogP contribution in [0.2, 0.25) is 0 Å². The molecule has 0 aliphatic carbocycles. The summed E-state index contributed by atoms with van der Waals surface area (Å²) in [7, 11) is 1.48. The molecule has 3 heteroatoms. The maximum atomic E-state index is 13.6. The average molecular weight is 197 g/mol. The van der Waals surface area contributed by atoms with E-state index in [9.17, 15) is 4.39 Å². The van der Waals surface area contributed by atoms with Crippen molar-refractivity contribution in [2.24, 2.45) is 5.73 Å². The minimum absolute atomic E-state index is 0.111. The van der Waals surface area contributed by atoms with E-state index in [1.54, 1.807) is 13.0 Å². The molecule has 0 saturated carbocycles. The largest absolute Gasteiger partial charge is 0.493 e. The quantitative estimate of drug-likeness (QED) is 0.806. The van der Waals surface area contributed by atoms with Gasteiger partial charge >= 0.3 is 0 Å². The van der Waals surface area contributed by atoms with E-state index in [4.69, 9.17) is 10.5 Å². The second kappa shape index (κ2) is 4.42. The molecule has 14 heavy (non-hydrogen) atoms. The lowest BCUT2D eigenvalue weighted by atomic mass is 9.98. The summed E-state index contributed by atoms with van der Waals surface area (Å²) in [6.45, 7) is 4.15. The molecule has 0 spiro atoms. The van der Waals surface area contributed by atoms with Crippen molar-refractivity contribution in [3.05, 3.63) is 29.1 Å². The molecule has 1 aromatic rings. The van der Waals surface area contributed by atoms with Gasteiger partial charge in [0.15, 0.2) is 11.6 Å². The number of methoxy groups -OCH3 is 1. The van der Waals surface area contributed by atoms with E-state index >= 15 is 0 Å². The molecule has 0 radical (unpaired) electrons. The van der Waals surface area contributed by atoms with E-state index in [0.717, 1.165) is 5.56 Å². The molecular formula is C11H16FNO. The zero-order valence-electron chi connectivity index (χ0n) is 8.80. The zero-order chi connectivity index (χ0) is 10.7. The first-order valence-corrected chi connectivity index (χ1v) is 4.64. The summed E-state index contributed by atoms with van der Waals surface area (Å²) in [6, 6.07) is 3.62. The highest BCUT2D eigenvalue weighted by Crippen LogP contribution is 2.30. The molecule has 0 fully saturated rings. The van der Waals surface area contributed by atoms with Gasteiger partial charge in [-0.2, -0.15) is 0 Å². The summed E-state index contributed by atoms with van der Waals surface area (Å²) in [5, 5.41) is 0. The van der Waals surface area contributed by atoms with Crippen LogP contribution in [0.25, 0.3) is 0 Å². The fourth-order valence-corrected chi connectivity index (χ4v) is 1.39. The van der Waals surface area contributed by atoms with Gasteiger partial charge in [-0.05, 0) is 24.9 Å². The number of hydrogen-bond acceptors (Lipinski definition) is 2. The molecule has 0 aliphatic rings. The minimum Gasteiger partial charge on any atom is -0.493 e. The van der Waals surface area contributed by atoms with E-state index in [1.807, 2.05) is 13.0 Å². The van der Waals surface area contributed by atoms with Crippen molar-refractivity contribution >= 4 is 0 Å². The van der Waals surface area contributed by atoms with Crippen molar-refractivity contribution in [1.29, 1.82) is 0 Å². The highest BCUT2D eigenvalue weighted by Gasteiger charge is 2.15. The van der Waals surface area contributed by atoms with E-state index < -0.39 is 0 Å². The van der Waals surface area contributed by atoms with Gasteiger partial charge in [0.2, 0.25) is 0 Å². The SMILES string of the molecule is COc1c(C(C)CN)ccc(C)c1F. The molecule has 1 atom stereocenters. The zero-order valence-corrected chi connectivity index (χ0v) is 8.80. The molecule has 2 N–H and O–H groups in total. The molecule has 0 heterocycles. The Hall–Kier alpha value is -1.09. The van der Waals surface area contributed by atoms with E-state index in [0.29, 0.717) is 17.9 Å². The molecular weight excluding hydrogens is 181 g/mol. The summed E-state index contributed by atoms with van der Waals surface area (Å²) in [6.07, 6.45) is 0. The van der Waals surface area contributed by atoms with Crippen LogP contribution in [-0.2, 0) is 0 Å². The van der Waals surface area contributed by atoms with Gasteiger partial charge in [-0.15, -0.1) is 0 Å². The highest BCUT2D eigenvalue weighted by molar-refractivity contribution is 5.41. The number of rotatable bonds is 3. The molecule has 0 aliphatic heterocycles. The lowest BCUT2D eigenvalue weighted by Crippen LogP contribution is -2.11. The van der Waals surface area contributed by atoms with Crippen LogP contribution < -0.4 is 10.5 Å². The topological polar surface area (TPSA) is 35.2 Å². The van der Waals surface area contributed by atoms with Crippen molar-refractivity contribution in [2.75, 3.05) is 13.7 Å². The smallest absolute Gasteiger partial charge is 0.168 e. The van der Waals surface area contributed by atoms with Crippen LogP contribution in [0.1, 0.15) is 24.0 Å². The molecule has 1 rings (SSSR count). The van der Waals surface area contributed by atoms with Gasteiger partial charge in [-0.3, -0.25) is 0 Å². The minimum atomic E-state index is -0.287. The fourth-order valence-electron chi connectivity index (χ4n) is 1.39. The Morgan fingerprint density at radius 1 is 1.50 bits per heavy atom. The number of nitrogens with two attached hydrogens (primary N) is 1. The van der Waals surface area contributed by atoms with Gasteiger partial charge in [0.1, 0.15) is 0 Å². The van der Waals surface area contributed by atoms with Crippen LogP contribution in [-0.4, -0.2) is 13.7 Å². The van der Waals surface area contributed by atoms with Gasteiger partial charge in [0.25, 0.3) is 0 Å². The Labute approximate surface area is 83.9 Å². The van der Waals surface area contributed by atoms with Crippen molar-refractivity contribution in [1.82, 2.24) is 0 Å². The Kier molecular flexibility index (Phi) is 3.47. The van der Waals surface area contributed by atoms with Crippen LogP contribution in [0.3, 0.4) is 0 Å². The Balaban J connectivity index is 3.23. The van der Waals surface area contributed by atoms with Gasteiger partial charge in [-0.1, -0.05) is 19.1 Å². The molecule has 0 saturated heterocycles. The molecule has 0 bridgehead atoms. The molecule has 0 aromatic heterocycles. The van der Waals surface area contributed by atoms with Crippen molar-refractivity contribution in [2.45, 2.75) is 19.8 Å². The lowest BCUT2D eigenvalue weighted by Gasteiger charge is -2.15. The van der Waals surface area contributed by atoms with Gasteiger partial charge < -0.3 is 10.5 Å². The summed E-state index contributed by atoms with van der Waals surface area (Å²) in [5.74, 6) is 0.147. The second-order valence-corrected chi connectivity index (χ2v) is 3.46. The van der Waals surface area contributed by atoms with Crippen LogP contribution in [0.15, 0.2) is 12.1 Å². The molecule has 0 amide bonds. The molecule has 78 valence electrons. The maximum Gasteiger partial charge on any atom is 0.168 e. The summed E-state index contributed by atoms with van der Waals surface area (Å²) >= 11 is 0. The first kappa shape index (κ1) is 11.0. The van der Waals surface area contributed by atoms with Crippen molar-refractivity contribution in [3.8, 4) is 5.75 Å². The Bertz CT molecular complexity index is 325. The fraction of sp³-hybridized carbons (Fsp3) is 0.455. The third-order valence-electron chi connectivity index (χ3n) is 2.41. The lowest BCUT2D eigenvalue weighted by molar-refractivity contribution is 0.377. The van der Waals surface area contributed by atoms with Crippen LogP contribution in [0.4, 0.5) is 4.39 Å². The van der Waals surface area contributed by atoms with Crippen LogP contribution in [0, 0.1) is 12.7 Å². The van der Waals surface area contributed by atoms with Crippen LogP contribution >= 0.6 is 0 Å². The number of benzene rings is 1. The Morgan fingerprint density at radius 3 is 2.64 bits per heavy atom. The number of hydrogen-bond donors (Lipinski definition) is 1. The van der Waals surface area contributed by atoms with E-state index in [2.05, 4.69) is 0 Å². The summed E-state index contributed by atoms with van der Waals surface area (Å²) < 4.78 is 18.6. The van der Waals surface area contributed by atoms with Gasteiger partial charge in [0, 0.05) is 5.56 Å². The van der Waals surface area contributed by atoms with Crippen LogP contribution in [0.5, 0.6) is 5.75 Å². The summed E-state index contributed by atoms with van der Waals surface area (Å²) in [4.78, 5) is 0. The molecule has 1 unspecified atom stereocenters. The molecule has 2 nitrogen and oxygen atoms in total. The number of ether oxygens (including phenoxy) is 1. The van der Waals surface area contributed by atoms with Gasteiger partial charge in [-0.25, -0.2) is 4.39 Å². The third-order valence-corrected chi connectivity index (χ3v) is 2.41. The normalized spacial score (nSPS) is 12.6. The van der Waals surface area contributed by atoms with Crippen molar-refractivity contribution < 1.29 is 9.13 Å². The first-order chi connectivity index (χ1) is 6.61. The first-order valence-electron chi connectivity index (χ1n) is 4.64. The van der Waals surface area contributed by atoms with Crippen molar-refractivity contribution in [3.63, 3.8) is 0 Å². The van der Waals surface area contributed by atoms with Gasteiger partial charge in [0.05, 0.1) is 7.11 Å². The predicted molar refractivity (Wildman–Crippen MR) is 55.2 cm³/mol. The average Bonchev–Trinajstić information content (AvgIpc) is 2.20. The standard InChI is InChI=1S/C11H16FNO/c1-7-4-5-9(8(2)6-13)11(14-3)10(7)12/h4-5,8H,6,13H2,1-3H3. The predicted octanol–water partition coefficient (Wildman–Crippen LogP) is 2.20. The monoisotopic (exact) mass is 197 g/mol. The summed E-state index contributed by atoms with van der Waals surface area (Å²) in [5.41, 5.74) is 6.96.